The maximum absolute atomic E-state index is 11.7. The van der Waals surface area contributed by atoms with Gasteiger partial charge < -0.3 is 15.2 Å². The Balaban J connectivity index is 2.54. The number of nitrogens with one attached hydrogen (secondary N) is 2. The number of esters is 1. The maximum Gasteiger partial charge on any atom is 0.338 e. The van der Waals surface area contributed by atoms with Gasteiger partial charge in [0.2, 0.25) is 0 Å². The van der Waals surface area contributed by atoms with E-state index in [1.54, 1.807) is 6.92 Å². The lowest BCUT2D eigenvalue weighted by Gasteiger charge is -2.13. The van der Waals surface area contributed by atoms with Crippen LogP contribution in [-0.2, 0) is 9.53 Å². The highest BCUT2D eigenvalue weighted by atomic mass is 16.5. The van der Waals surface area contributed by atoms with E-state index in [9.17, 15) is 14.4 Å². The summed E-state index contributed by atoms with van der Waals surface area (Å²) in [5.74, 6) is -1.42. The molecule has 7 nitrogen and oxygen atoms in total. The second-order valence-electron chi connectivity index (χ2n) is 3.94. The Morgan fingerprint density at radius 1 is 1.25 bits per heavy atom. The molecule has 1 aromatic rings. The predicted octanol–water partition coefficient (Wildman–Crippen LogP) is 0.783. The molecule has 0 heterocycles. The van der Waals surface area contributed by atoms with E-state index in [-0.39, 0.29) is 11.3 Å². The normalized spacial score (nSPS) is 11.3. The van der Waals surface area contributed by atoms with Crippen molar-refractivity contribution in [2.24, 2.45) is 0 Å². The number of carbonyl (C=O) groups is 3. The van der Waals surface area contributed by atoms with Crippen LogP contribution >= 0.6 is 0 Å². The number of hydrogen-bond donors (Lipinski definition) is 3. The van der Waals surface area contributed by atoms with Crippen molar-refractivity contribution in [3.8, 4) is 5.75 Å². The molecule has 7 heteroatoms. The van der Waals surface area contributed by atoms with Crippen molar-refractivity contribution >= 4 is 17.9 Å². The van der Waals surface area contributed by atoms with Crippen molar-refractivity contribution < 1.29 is 24.2 Å². The van der Waals surface area contributed by atoms with Crippen LogP contribution in [0.1, 0.15) is 24.2 Å². The highest BCUT2D eigenvalue weighted by Gasteiger charge is 2.20. The van der Waals surface area contributed by atoms with Crippen LogP contribution < -0.4 is 10.6 Å². The number of phenols is 1. The van der Waals surface area contributed by atoms with Gasteiger partial charge in [-0.25, -0.2) is 9.59 Å². The quantitative estimate of drug-likeness (QED) is 0.707. The summed E-state index contributed by atoms with van der Waals surface area (Å²) in [7, 11) is 0. The van der Waals surface area contributed by atoms with Crippen LogP contribution in [0.2, 0.25) is 0 Å². The van der Waals surface area contributed by atoms with E-state index in [1.807, 2.05) is 5.32 Å². The minimum atomic E-state index is -1.11. The zero-order valence-corrected chi connectivity index (χ0v) is 11.2. The molecule has 0 saturated heterocycles. The van der Waals surface area contributed by atoms with Crippen molar-refractivity contribution in [2.45, 2.75) is 20.0 Å². The van der Waals surface area contributed by atoms with Gasteiger partial charge in [-0.2, -0.15) is 0 Å². The largest absolute Gasteiger partial charge is 0.508 e. The number of phenolic OH excluding ortho intramolecular Hbond substituents is 1. The first-order valence-electron chi connectivity index (χ1n) is 6.02. The summed E-state index contributed by atoms with van der Waals surface area (Å²) in [5.41, 5.74) is 0.195. The van der Waals surface area contributed by atoms with Crippen molar-refractivity contribution in [1.29, 1.82) is 0 Å². The third kappa shape index (κ3) is 4.60. The smallest absolute Gasteiger partial charge is 0.338 e. The first-order valence-corrected chi connectivity index (χ1v) is 6.02. The number of urea groups is 1. The number of carbonyl (C=O) groups excluding carboxylic acids is 3. The monoisotopic (exact) mass is 280 g/mol. The van der Waals surface area contributed by atoms with Gasteiger partial charge in [0.15, 0.2) is 6.10 Å². The van der Waals surface area contributed by atoms with Crippen LogP contribution in [0.3, 0.4) is 0 Å². The standard InChI is InChI=1S/C13H16N2O5/c1-3-14-13(19)15-11(17)8(2)20-12(18)9-4-6-10(16)7-5-9/h4-8,16H,3H2,1-2H3,(H2,14,15,17,19). The average molecular weight is 280 g/mol. The van der Waals surface area contributed by atoms with E-state index in [2.05, 4.69) is 5.32 Å². The Kier molecular flexibility index (Phi) is 5.52. The average Bonchev–Trinajstić information content (AvgIpc) is 2.39. The topological polar surface area (TPSA) is 105 Å². The number of amides is 3. The van der Waals surface area contributed by atoms with Gasteiger partial charge in [-0.05, 0) is 38.1 Å². The van der Waals surface area contributed by atoms with Crippen molar-refractivity contribution in [3.05, 3.63) is 29.8 Å². The molecule has 1 unspecified atom stereocenters. The van der Waals surface area contributed by atoms with Gasteiger partial charge in [-0.15, -0.1) is 0 Å². The van der Waals surface area contributed by atoms with Crippen molar-refractivity contribution in [3.63, 3.8) is 0 Å². The Labute approximate surface area is 115 Å². The predicted molar refractivity (Wildman–Crippen MR) is 70.2 cm³/mol. The minimum absolute atomic E-state index is 0.0172. The molecule has 0 saturated carbocycles. The summed E-state index contributed by atoms with van der Waals surface area (Å²) < 4.78 is 4.90. The number of hydrogen-bond acceptors (Lipinski definition) is 5. The van der Waals surface area contributed by atoms with Crippen LogP contribution in [0.4, 0.5) is 4.79 Å². The van der Waals surface area contributed by atoms with E-state index in [0.29, 0.717) is 6.54 Å². The summed E-state index contributed by atoms with van der Waals surface area (Å²) >= 11 is 0. The zero-order chi connectivity index (χ0) is 15.1. The number of rotatable bonds is 4. The molecule has 0 spiro atoms. The number of benzene rings is 1. The molecule has 0 bridgehead atoms. The molecule has 0 fully saturated rings. The molecule has 0 aliphatic carbocycles. The van der Waals surface area contributed by atoms with Crippen molar-refractivity contribution in [2.75, 3.05) is 6.54 Å². The van der Waals surface area contributed by atoms with Crippen LogP contribution in [0.15, 0.2) is 24.3 Å². The Hall–Kier alpha value is -2.57. The van der Waals surface area contributed by atoms with E-state index >= 15 is 0 Å². The van der Waals surface area contributed by atoms with Gasteiger partial charge in [0.1, 0.15) is 5.75 Å². The lowest BCUT2D eigenvalue weighted by molar-refractivity contribution is -0.127. The Morgan fingerprint density at radius 2 is 1.85 bits per heavy atom. The van der Waals surface area contributed by atoms with Gasteiger partial charge in [0.05, 0.1) is 5.56 Å². The van der Waals surface area contributed by atoms with Crippen LogP contribution in [0.25, 0.3) is 0 Å². The molecular weight excluding hydrogens is 264 g/mol. The molecule has 0 aromatic heterocycles. The number of ether oxygens (including phenoxy) is 1. The summed E-state index contributed by atoms with van der Waals surface area (Å²) in [6.45, 7) is 3.44. The van der Waals surface area contributed by atoms with E-state index in [1.165, 1.54) is 31.2 Å². The van der Waals surface area contributed by atoms with Crippen molar-refractivity contribution in [1.82, 2.24) is 10.6 Å². The van der Waals surface area contributed by atoms with Gasteiger partial charge in [-0.3, -0.25) is 10.1 Å². The minimum Gasteiger partial charge on any atom is -0.508 e. The number of aromatic hydroxyl groups is 1. The SMILES string of the molecule is CCNC(=O)NC(=O)C(C)OC(=O)c1ccc(O)cc1. The fourth-order valence-electron chi connectivity index (χ4n) is 1.30. The summed E-state index contributed by atoms with van der Waals surface area (Å²) in [6.07, 6.45) is -1.11. The van der Waals surface area contributed by atoms with Crippen LogP contribution in [-0.4, -0.2) is 35.7 Å². The molecule has 1 aromatic carbocycles. The third-order valence-electron chi connectivity index (χ3n) is 2.33. The molecular formula is C13H16N2O5. The van der Waals surface area contributed by atoms with Gasteiger partial charge >= 0.3 is 12.0 Å². The molecule has 108 valence electrons. The van der Waals surface area contributed by atoms with Gasteiger partial charge in [0, 0.05) is 6.54 Å². The molecule has 3 N–H and O–H groups in total. The molecule has 0 aliphatic heterocycles. The molecule has 0 radical (unpaired) electrons. The van der Waals surface area contributed by atoms with Gasteiger partial charge in [0.25, 0.3) is 5.91 Å². The first kappa shape index (κ1) is 15.5. The molecule has 1 rings (SSSR count). The van der Waals surface area contributed by atoms with E-state index in [0.717, 1.165) is 0 Å². The first-order chi connectivity index (χ1) is 9.43. The molecule has 20 heavy (non-hydrogen) atoms. The molecule has 3 amide bonds. The highest BCUT2D eigenvalue weighted by molar-refractivity contribution is 5.98. The molecule has 0 aliphatic rings. The summed E-state index contributed by atoms with van der Waals surface area (Å²) in [6, 6.07) is 4.74. The van der Waals surface area contributed by atoms with E-state index in [4.69, 9.17) is 9.84 Å². The van der Waals surface area contributed by atoms with Crippen LogP contribution in [0.5, 0.6) is 5.75 Å². The van der Waals surface area contributed by atoms with E-state index < -0.39 is 24.0 Å². The number of imide groups is 1. The fourth-order valence-corrected chi connectivity index (χ4v) is 1.30. The maximum atomic E-state index is 11.7. The second kappa shape index (κ2) is 7.13. The fraction of sp³-hybridized carbons (Fsp3) is 0.308. The zero-order valence-electron chi connectivity index (χ0n) is 11.2. The Bertz CT molecular complexity index is 498. The lowest BCUT2D eigenvalue weighted by Crippen LogP contribution is -2.44. The summed E-state index contributed by atoms with van der Waals surface area (Å²) in [4.78, 5) is 34.4. The third-order valence-corrected chi connectivity index (χ3v) is 2.33. The van der Waals surface area contributed by atoms with Crippen LogP contribution in [0, 0.1) is 0 Å². The Morgan fingerprint density at radius 3 is 2.40 bits per heavy atom. The van der Waals surface area contributed by atoms with Gasteiger partial charge in [-0.1, -0.05) is 0 Å². The second-order valence-corrected chi connectivity index (χ2v) is 3.94. The molecule has 1 atom stereocenters. The highest BCUT2D eigenvalue weighted by Crippen LogP contribution is 2.11. The lowest BCUT2D eigenvalue weighted by atomic mass is 10.2. The summed E-state index contributed by atoms with van der Waals surface area (Å²) in [5, 5.41) is 13.5.